The number of halogens is 1. The number of rotatable bonds is 3. The maximum atomic E-state index is 7.34. The van der Waals surface area contributed by atoms with Crippen LogP contribution >= 0.6 is 11.6 Å². The summed E-state index contributed by atoms with van der Waals surface area (Å²) in [6.07, 6.45) is 1.70. The van der Waals surface area contributed by atoms with Crippen molar-refractivity contribution in [2.75, 3.05) is 0 Å². The highest BCUT2D eigenvalue weighted by Gasteiger charge is 2.07. The monoisotopic (exact) mass is 261 g/mol. The van der Waals surface area contributed by atoms with E-state index in [0.717, 1.165) is 5.69 Å². The summed E-state index contributed by atoms with van der Waals surface area (Å²) in [6.45, 7) is 1.86. The lowest BCUT2D eigenvalue weighted by Gasteiger charge is -2.09. The Bertz CT molecular complexity index is 599. The van der Waals surface area contributed by atoms with Gasteiger partial charge in [-0.3, -0.25) is 10.4 Å². The molecule has 0 atom stereocenters. The lowest BCUT2D eigenvalue weighted by Crippen LogP contribution is -2.11. The van der Waals surface area contributed by atoms with Gasteiger partial charge in [0.1, 0.15) is 17.3 Å². The van der Waals surface area contributed by atoms with Gasteiger partial charge in [0.25, 0.3) is 0 Å². The molecule has 18 heavy (non-hydrogen) atoms. The molecule has 0 aliphatic rings. The van der Waals surface area contributed by atoms with E-state index in [1.165, 1.54) is 0 Å². The zero-order valence-corrected chi connectivity index (χ0v) is 10.5. The molecule has 0 amide bonds. The maximum Gasteiger partial charge on any atom is 0.148 e. The van der Waals surface area contributed by atoms with E-state index in [0.29, 0.717) is 22.1 Å². The van der Waals surface area contributed by atoms with E-state index in [2.05, 4.69) is 4.98 Å². The smallest absolute Gasteiger partial charge is 0.148 e. The van der Waals surface area contributed by atoms with Crippen LogP contribution in [0.5, 0.6) is 11.5 Å². The number of aromatic nitrogens is 1. The Morgan fingerprint density at radius 3 is 2.78 bits per heavy atom. The fourth-order valence-corrected chi connectivity index (χ4v) is 1.75. The van der Waals surface area contributed by atoms with Gasteiger partial charge >= 0.3 is 0 Å². The molecule has 0 saturated carbocycles. The van der Waals surface area contributed by atoms with Crippen LogP contribution in [0.2, 0.25) is 5.02 Å². The minimum atomic E-state index is -0.0656. The molecule has 1 heterocycles. The van der Waals surface area contributed by atoms with E-state index in [4.69, 9.17) is 27.5 Å². The standard InChI is InChI=1S/C13H12ClN3O/c1-8-12(3-2-6-17-8)18-9-4-5-10(13(15)16)11(14)7-9/h2-7H,1H3,(H3,15,16). The minimum Gasteiger partial charge on any atom is -0.455 e. The van der Waals surface area contributed by atoms with Crippen molar-refractivity contribution in [1.82, 2.24) is 4.98 Å². The van der Waals surface area contributed by atoms with Crippen LogP contribution in [0.3, 0.4) is 0 Å². The van der Waals surface area contributed by atoms with Gasteiger partial charge < -0.3 is 10.5 Å². The van der Waals surface area contributed by atoms with Crippen LogP contribution in [-0.4, -0.2) is 10.8 Å². The zero-order valence-electron chi connectivity index (χ0n) is 9.77. The molecule has 1 aromatic heterocycles. The van der Waals surface area contributed by atoms with E-state index in [1.54, 1.807) is 30.5 Å². The van der Waals surface area contributed by atoms with Crippen LogP contribution in [0.15, 0.2) is 36.5 Å². The summed E-state index contributed by atoms with van der Waals surface area (Å²) < 4.78 is 5.67. The largest absolute Gasteiger partial charge is 0.455 e. The van der Waals surface area contributed by atoms with Gasteiger partial charge in [-0.1, -0.05) is 11.6 Å². The Balaban J connectivity index is 2.29. The molecule has 2 aromatic rings. The molecule has 5 heteroatoms. The van der Waals surface area contributed by atoms with Crippen molar-refractivity contribution in [2.24, 2.45) is 5.73 Å². The van der Waals surface area contributed by atoms with Gasteiger partial charge in [-0.25, -0.2) is 0 Å². The first-order valence-corrected chi connectivity index (χ1v) is 5.69. The molecule has 0 aliphatic heterocycles. The van der Waals surface area contributed by atoms with Crippen LogP contribution in [-0.2, 0) is 0 Å². The fourth-order valence-electron chi connectivity index (χ4n) is 1.48. The Kier molecular flexibility index (Phi) is 3.48. The van der Waals surface area contributed by atoms with Gasteiger partial charge in [0.05, 0.1) is 10.7 Å². The Morgan fingerprint density at radius 2 is 2.17 bits per heavy atom. The van der Waals surface area contributed by atoms with Gasteiger partial charge in [-0.15, -0.1) is 0 Å². The maximum absolute atomic E-state index is 7.34. The third-order valence-electron chi connectivity index (χ3n) is 2.42. The number of nitrogens with one attached hydrogen (secondary N) is 1. The summed E-state index contributed by atoms with van der Waals surface area (Å²) in [5.74, 6) is 1.19. The number of hydrogen-bond donors (Lipinski definition) is 2. The Hall–Kier alpha value is -2.07. The zero-order chi connectivity index (χ0) is 13.1. The average Bonchev–Trinajstić information content (AvgIpc) is 2.32. The minimum absolute atomic E-state index is 0.0656. The van der Waals surface area contributed by atoms with Crippen molar-refractivity contribution < 1.29 is 4.74 Å². The molecule has 0 bridgehead atoms. The van der Waals surface area contributed by atoms with Crippen molar-refractivity contribution >= 4 is 17.4 Å². The fraction of sp³-hybridized carbons (Fsp3) is 0.0769. The van der Waals surface area contributed by atoms with Crippen molar-refractivity contribution in [1.29, 1.82) is 5.41 Å². The van der Waals surface area contributed by atoms with Gasteiger partial charge in [0.15, 0.2) is 0 Å². The second-order valence-electron chi connectivity index (χ2n) is 3.74. The molecule has 1 aromatic carbocycles. The predicted octanol–water partition coefficient (Wildman–Crippen LogP) is 3.12. The molecular formula is C13H12ClN3O. The second-order valence-corrected chi connectivity index (χ2v) is 4.15. The second kappa shape index (κ2) is 5.06. The summed E-state index contributed by atoms with van der Waals surface area (Å²) in [7, 11) is 0. The number of pyridine rings is 1. The highest BCUT2D eigenvalue weighted by Crippen LogP contribution is 2.27. The van der Waals surface area contributed by atoms with Crippen molar-refractivity contribution in [3.05, 3.63) is 52.8 Å². The first kappa shape index (κ1) is 12.4. The molecular weight excluding hydrogens is 250 g/mol. The predicted molar refractivity (Wildman–Crippen MR) is 71.5 cm³/mol. The third-order valence-corrected chi connectivity index (χ3v) is 2.73. The van der Waals surface area contributed by atoms with E-state index < -0.39 is 0 Å². The average molecular weight is 262 g/mol. The van der Waals surface area contributed by atoms with Gasteiger partial charge in [0.2, 0.25) is 0 Å². The first-order chi connectivity index (χ1) is 8.58. The van der Waals surface area contributed by atoms with Crippen molar-refractivity contribution in [2.45, 2.75) is 6.92 Å². The number of ether oxygens (including phenoxy) is 1. The van der Waals surface area contributed by atoms with Crippen molar-refractivity contribution in [3.63, 3.8) is 0 Å². The molecule has 0 radical (unpaired) electrons. The third kappa shape index (κ3) is 2.60. The molecule has 0 unspecified atom stereocenters. The molecule has 2 rings (SSSR count). The van der Waals surface area contributed by atoms with Crippen LogP contribution in [0.4, 0.5) is 0 Å². The summed E-state index contributed by atoms with van der Waals surface area (Å²) in [5.41, 5.74) is 6.68. The SMILES string of the molecule is Cc1ncccc1Oc1ccc(C(=N)N)c(Cl)c1. The lowest BCUT2D eigenvalue weighted by atomic mass is 10.2. The molecule has 0 spiro atoms. The highest BCUT2D eigenvalue weighted by atomic mass is 35.5. The topological polar surface area (TPSA) is 72.0 Å². The number of nitrogen functional groups attached to an aromatic ring is 1. The molecule has 0 fully saturated rings. The first-order valence-electron chi connectivity index (χ1n) is 5.31. The summed E-state index contributed by atoms with van der Waals surface area (Å²) in [4.78, 5) is 4.13. The van der Waals surface area contributed by atoms with Gasteiger partial charge in [-0.05, 0) is 31.2 Å². The Morgan fingerprint density at radius 1 is 1.39 bits per heavy atom. The number of nitrogens with two attached hydrogens (primary N) is 1. The van der Waals surface area contributed by atoms with E-state index in [-0.39, 0.29) is 5.84 Å². The van der Waals surface area contributed by atoms with E-state index >= 15 is 0 Å². The van der Waals surface area contributed by atoms with E-state index in [1.807, 2.05) is 13.0 Å². The Labute approximate surface area is 110 Å². The summed E-state index contributed by atoms with van der Waals surface area (Å²) in [5, 5.41) is 7.73. The van der Waals surface area contributed by atoms with Crippen LogP contribution in [0, 0.1) is 12.3 Å². The molecule has 3 N–H and O–H groups in total. The molecule has 4 nitrogen and oxygen atoms in total. The molecule has 92 valence electrons. The highest BCUT2D eigenvalue weighted by molar-refractivity contribution is 6.34. The number of amidine groups is 1. The van der Waals surface area contributed by atoms with Gasteiger partial charge in [0, 0.05) is 17.8 Å². The van der Waals surface area contributed by atoms with Crippen LogP contribution < -0.4 is 10.5 Å². The number of benzene rings is 1. The molecule has 0 saturated heterocycles. The lowest BCUT2D eigenvalue weighted by molar-refractivity contribution is 0.476. The van der Waals surface area contributed by atoms with Crippen LogP contribution in [0.25, 0.3) is 0 Å². The summed E-state index contributed by atoms with van der Waals surface area (Å²) >= 11 is 6.01. The number of nitrogens with zero attached hydrogens (tertiary/aromatic N) is 1. The van der Waals surface area contributed by atoms with Crippen LogP contribution in [0.1, 0.15) is 11.3 Å². The number of hydrogen-bond acceptors (Lipinski definition) is 3. The normalized spacial score (nSPS) is 10.1. The van der Waals surface area contributed by atoms with Crippen molar-refractivity contribution in [3.8, 4) is 11.5 Å². The quantitative estimate of drug-likeness (QED) is 0.659. The van der Waals surface area contributed by atoms with E-state index in [9.17, 15) is 0 Å². The molecule has 0 aliphatic carbocycles. The van der Waals surface area contributed by atoms with Gasteiger partial charge in [-0.2, -0.15) is 0 Å². The number of aryl methyl sites for hydroxylation is 1. The summed E-state index contributed by atoms with van der Waals surface area (Å²) in [6, 6.07) is 8.63.